The molecule has 1 unspecified atom stereocenters. The van der Waals surface area contributed by atoms with E-state index in [4.69, 9.17) is 9.47 Å². The number of rotatable bonds is 6. The van der Waals surface area contributed by atoms with Gasteiger partial charge in [0, 0.05) is 48.9 Å². The van der Waals surface area contributed by atoms with E-state index >= 15 is 0 Å². The number of aromatic nitrogens is 4. The van der Waals surface area contributed by atoms with E-state index in [0.717, 1.165) is 21.8 Å². The molecular formula is C32H25F6N7O4. The fraction of sp³-hybridized carbons (Fsp3) is 0.344. The number of halogens is 6. The van der Waals surface area contributed by atoms with Crippen molar-refractivity contribution in [2.24, 2.45) is 0 Å². The van der Waals surface area contributed by atoms with Gasteiger partial charge in [0.15, 0.2) is 0 Å². The molecule has 8 rings (SSSR count). The molecule has 1 saturated carbocycles. The van der Waals surface area contributed by atoms with Crippen LogP contribution in [-0.2, 0) is 43.2 Å². The van der Waals surface area contributed by atoms with Crippen molar-refractivity contribution < 1.29 is 45.4 Å². The average molecular weight is 686 g/mol. The number of anilines is 1. The summed E-state index contributed by atoms with van der Waals surface area (Å²) in [5.74, 6) is -0.0729. The minimum Gasteiger partial charge on any atom is -0.487 e. The van der Waals surface area contributed by atoms with Crippen LogP contribution in [0, 0.1) is 0 Å². The fourth-order valence-electron chi connectivity index (χ4n) is 6.70. The molecule has 0 spiro atoms. The molecule has 17 heteroatoms. The summed E-state index contributed by atoms with van der Waals surface area (Å²) < 4.78 is 95.2. The Balaban J connectivity index is 0.949. The molecule has 2 aromatic heterocycles. The van der Waals surface area contributed by atoms with Crippen molar-refractivity contribution in [2.45, 2.75) is 62.9 Å². The second-order valence-electron chi connectivity index (χ2n) is 12.3. The third kappa shape index (κ3) is 5.70. The molecule has 1 aliphatic carbocycles. The molecule has 2 aromatic carbocycles. The van der Waals surface area contributed by atoms with E-state index in [9.17, 15) is 35.9 Å². The number of nitrogens with zero attached hydrogens (tertiary/aromatic N) is 5. The van der Waals surface area contributed by atoms with Gasteiger partial charge in [-0.3, -0.25) is 14.5 Å². The highest BCUT2D eigenvalue weighted by Crippen LogP contribution is 2.55. The van der Waals surface area contributed by atoms with Gasteiger partial charge < -0.3 is 24.7 Å². The maximum atomic E-state index is 14.2. The molecule has 2 N–H and O–H groups in total. The number of amides is 2. The van der Waals surface area contributed by atoms with Crippen molar-refractivity contribution in [2.75, 3.05) is 11.9 Å². The molecule has 0 bridgehead atoms. The second-order valence-corrected chi connectivity index (χ2v) is 12.3. The largest absolute Gasteiger partial charge is 0.487 e. The van der Waals surface area contributed by atoms with Crippen molar-refractivity contribution in [3.63, 3.8) is 0 Å². The number of nitrogens with one attached hydrogen (secondary N) is 2. The molecule has 4 aromatic rings. The number of fused-ring (bicyclic) bond motifs is 5. The molecule has 4 aliphatic rings. The van der Waals surface area contributed by atoms with Crippen molar-refractivity contribution in [1.82, 2.24) is 30.0 Å². The van der Waals surface area contributed by atoms with Crippen molar-refractivity contribution in [1.29, 1.82) is 0 Å². The van der Waals surface area contributed by atoms with Gasteiger partial charge in [-0.25, -0.2) is 4.98 Å². The van der Waals surface area contributed by atoms with E-state index in [-0.39, 0.29) is 55.0 Å². The van der Waals surface area contributed by atoms with Gasteiger partial charge in [0.2, 0.25) is 11.7 Å². The summed E-state index contributed by atoms with van der Waals surface area (Å²) in [7, 11) is 0. The van der Waals surface area contributed by atoms with E-state index in [2.05, 4.69) is 25.8 Å². The lowest BCUT2D eigenvalue weighted by atomic mass is 10.0. The standard InChI is InChI=1S/C32H25F6N7O4/c33-31(34,35)20-11-15(1-2-16(20)13-44-9-10-45-23(14-44)42-43-30(45)32(36,37)38)29(47)41-26-25-19-12-17(3-5-21(19)49-27(25)26)48-22-7-8-39-28-18(22)4-6-24(46)40-28/h1-3,5,7-8,11-12,25-27H,4,6,9-10,13-14H2,(H,41,47)(H,39,40,46)/t25-,26?,27-/m0/s1. The minimum absolute atomic E-state index is 0.00635. The van der Waals surface area contributed by atoms with Gasteiger partial charge in [0.1, 0.15) is 35.0 Å². The van der Waals surface area contributed by atoms with Gasteiger partial charge in [-0.05, 0) is 48.4 Å². The molecule has 0 radical (unpaired) electrons. The number of alkyl halides is 6. The maximum absolute atomic E-state index is 14.2. The molecule has 1 fully saturated rings. The summed E-state index contributed by atoms with van der Waals surface area (Å²) in [6.45, 7) is -0.420. The zero-order chi connectivity index (χ0) is 34.2. The molecule has 3 atom stereocenters. The van der Waals surface area contributed by atoms with Crippen molar-refractivity contribution in [3.05, 3.63) is 88.1 Å². The quantitative estimate of drug-likeness (QED) is 0.270. The summed E-state index contributed by atoms with van der Waals surface area (Å²) in [5, 5.41) is 12.3. The molecule has 254 valence electrons. The van der Waals surface area contributed by atoms with Crippen LogP contribution in [0.5, 0.6) is 17.2 Å². The highest BCUT2D eigenvalue weighted by atomic mass is 19.4. The SMILES string of the molecule is O=C1CCc2c(Oc3ccc4c(c3)[C@H]3C(NC(=O)c5ccc(CN6CCn7c(nnc7C(F)(F)F)C6)c(C(F)(F)F)c5)[C@H]3O4)ccnc2N1. The normalized spacial score (nSPS) is 21.1. The van der Waals surface area contributed by atoms with Gasteiger partial charge >= 0.3 is 12.4 Å². The summed E-state index contributed by atoms with van der Waals surface area (Å²) in [4.78, 5) is 30.7. The number of hydrogen-bond acceptors (Lipinski definition) is 8. The summed E-state index contributed by atoms with van der Waals surface area (Å²) in [6, 6.07) is 9.81. The van der Waals surface area contributed by atoms with Gasteiger partial charge in [-0.15, -0.1) is 10.2 Å². The lowest BCUT2D eigenvalue weighted by Gasteiger charge is -2.29. The van der Waals surface area contributed by atoms with E-state index in [1.54, 1.807) is 29.2 Å². The van der Waals surface area contributed by atoms with Gasteiger partial charge in [-0.2, -0.15) is 26.3 Å². The van der Waals surface area contributed by atoms with Crippen LogP contribution in [0.25, 0.3) is 0 Å². The van der Waals surface area contributed by atoms with E-state index < -0.39 is 41.8 Å². The molecule has 5 heterocycles. The van der Waals surface area contributed by atoms with Gasteiger partial charge in [0.05, 0.1) is 24.1 Å². The Morgan fingerprint density at radius 1 is 1.02 bits per heavy atom. The monoisotopic (exact) mass is 685 g/mol. The number of hydrogen-bond donors (Lipinski definition) is 2. The molecule has 3 aliphatic heterocycles. The molecule has 0 saturated heterocycles. The Bertz CT molecular complexity index is 2010. The van der Waals surface area contributed by atoms with E-state index in [1.807, 2.05) is 0 Å². The summed E-state index contributed by atoms with van der Waals surface area (Å²) in [6.07, 6.45) is -7.56. The Labute approximate surface area is 273 Å². The lowest BCUT2D eigenvalue weighted by Crippen LogP contribution is -2.35. The van der Waals surface area contributed by atoms with Crippen molar-refractivity contribution in [3.8, 4) is 17.2 Å². The van der Waals surface area contributed by atoms with Crippen LogP contribution in [-0.4, -0.2) is 55.2 Å². The predicted octanol–water partition coefficient (Wildman–Crippen LogP) is 5.06. The fourth-order valence-corrected chi connectivity index (χ4v) is 6.70. The smallest absolute Gasteiger partial charge is 0.451 e. The first kappa shape index (κ1) is 31.1. The zero-order valence-corrected chi connectivity index (χ0v) is 25.2. The number of carbonyl (C=O) groups excluding carboxylic acids is 2. The Hall–Kier alpha value is -5.19. The van der Waals surface area contributed by atoms with Crippen molar-refractivity contribution >= 4 is 17.6 Å². The second kappa shape index (κ2) is 11.2. The Morgan fingerprint density at radius 3 is 2.65 bits per heavy atom. The number of benzene rings is 2. The molecule has 49 heavy (non-hydrogen) atoms. The average Bonchev–Trinajstić information content (AvgIpc) is 3.35. The van der Waals surface area contributed by atoms with Gasteiger partial charge in [-0.1, -0.05) is 6.07 Å². The highest BCUT2D eigenvalue weighted by Gasteiger charge is 2.60. The third-order valence-electron chi connectivity index (χ3n) is 9.11. The van der Waals surface area contributed by atoms with E-state index in [0.29, 0.717) is 35.9 Å². The molecular weight excluding hydrogens is 660 g/mol. The molecule has 2 amide bonds. The zero-order valence-electron chi connectivity index (χ0n) is 25.2. The summed E-state index contributed by atoms with van der Waals surface area (Å²) in [5.41, 5.74) is 0.230. The van der Waals surface area contributed by atoms with Gasteiger partial charge in [0.25, 0.3) is 5.91 Å². The lowest BCUT2D eigenvalue weighted by molar-refractivity contribution is -0.148. The third-order valence-corrected chi connectivity index (χ3v) is 9.11. The Morgan fingerprint density at radius 2 is 1.86 bits per heavy atom. The number of carbonyl (C=O) groups is 2. The van der Waals surface area contributed by atoms with Crippen LogP contribution < -0.4 is 20.1 Å². The summed E-state index contributed by atoms with van der Waals surface area (Å²) >= 11 is 0. The van der Waals surface area contributed by atoms with Crippen LogP contribution in [0.1, 0.15) is 56.6 Å². The Kier molecular flexibility index (Phi) is 7.10. The first-order valence-corrected chi connectivity index (χ1v) is 15.3. The first-order chi connectivity index (χ1) is 23.3. The number of pyridine rings is 1. The van der Waals surface area contributed by atoms with E-state index in [1.165, 1.54) is 18.3 Å². The topological polar surface area (TPSA) is 124 Å². The molecule has 11 nitrogen and oxygen atoms in total. The van der Waals surface area contributed by atoms with Crippen LogP contribution in [0.15, 0.2) is 48.7 Å². The number of ether oxygens (including phenoxy) is 2. The van der Waals surface area contributed by atoms with Crippen LogP contribution in [0.2, 0.25) is 0 Å². The van der Waals surface area contributed by atoms with Crippen LogP contribution in [0.3, 0.4) is 0 Å². The maximum Gasteiger partial charge on any atom is 0.451 e. The predicted molar refractivity (Wildman–Crippen MR) is 157 cm³/mol. The van der Waals surface area contributed by atoms with Crippen LogP contribution >= 0.6 is 0 Å². The minimum atomic E-state index is -4.79. The highest BCUT2D eigenvalue weighted by molar-refractivity contribution is 5.95. The van der Waals surface area contributed by atoms with Crippen LogP contribution in [0.4, 0.5) is 32.2 Å². The first-order valence-electron chi connectivity index (χ1n) is 15.3.